The molecule has 0 fully saturated rings. The molecule has 0 aliphatic carbocycles. The lowest BCUT2D eigenvalue weighted by Crippen LogP contribution is -2.04. The fourth-order valence-electron chi connectivity index (χ4n) is 3.37. The molecule has 2 aromatic heterocycles. The minimum absolute atomic E-state index is 0. The number of fused-ring (bicyclic) bond motifs is 1. The van der Waals surface area contributed by atoms with E-state index in [-0.39, 0.29) is 43.7 Å². The van der Waals surface area contributed by atoms with E-state index in [1.165, 1.54) is 12.3 Å². The summed E-state index contributed by atoms with van der Waals surface area (Å²) in [5.41, 5.74) is 10.2. The molecule has 0 radical (unpaired) electrons. The Hall–Kier alpha value is -1.93. The Morgan fingerprint density at radius 3 is 2.40 bits per heavy atom. The highest BCUT2D eigenvalue weighted by Gasteiger charge is 2.16. The van der Waals surface area contributed by atoms with Crippen molar-refractivity contribution in [3.63, 3.8) is 0 Å². The molecule has 1 aromatic carbocycles. The molecule has 0 aliphatic heterocycles. The van der Waals surface area contributed by atoms with Gasteiger partial charge in [-0.2, -0.15) is 0 Å². The number of halogens is 3. The average molecular weight is 474 g/mol. The van der Waals surface area contributed by atoms with Gasteiger partial charge in [0.2, 0.25) is 0 Å². The van der Waals surface area contributed by atoms with Crippen LogP contribution in [0.2, 0.25) is 0 Å². The van der Waals surface area contributed by atoms with Crippen LogP contribution in [0.1, 0.15) is 22.5 Å². The summed E-state index contributed by atoms with van der Waals surface area (Å²) in [4.78, 5) is 4.70. The molecule has 9 heteroatoms. The van der Waals surface area contributed by atoms with Crippen LogP contribution in [0.25, 0.3) is 10.9 Å². The number of hydrogen-bond donors (Lipinski definition) is 1. The van der Waals surface area contributed by atoms with E-state index in [0.717, 1.165) is 33.4 Å². The van der Waals surface area contributed by atoms with Gasteiger partial charge in [-0.05, 0) is 55.7 Å². The van der Waals surface area contributed by atoms with Gasteiger partial charge in [-0.25, -0.2) is 12.8 Å². The molecule has 0 atom stereocenters. The van der Waals surface area contributed by atoms with Crippen molar-refractivity contribution in [2.45, 2.75) is 31.7 Å². The van der Waals surface area contributed by atoms with Gasteiger partial charge in [-0.1, -0.05) is 12.1 Å². The largest absolute Gasteiger partial charge is 0.338 e. The van der Waals surface area contributed by atoms with Gasteiger partial charge < -0.3 is 10.3 Å². The van der Waals surface area contributed by atoms with Crippen LogP contribution in [0.4, 0.5) is 4.39 Å². The second-order valence-electron chi connectivity index (χ2n) is 6.97. The predicted octanol–water partition coefficient (Wildman–Crippen LogP) is 4.30. The van der Waals surface area contributed by atoms with E-state index < -0.39 is 9.84 Å². The summed E-state index contributed by atoms with van der Waals surface area (Å²) in [5.74, 6) is -0.277. The second-order valence-corrected chi connectivity index (χ2v) is 8.99. The van der Waals surface area contributed by atoms with Crippen LogP contribution >= 0.6 is 24.8 Å². The Morgan fingerprint density at radius 2 is 1.83 bits per heavy atom. The summed E-state index contributed by atoms with van der Waals surface area (Å²) in [5, 5.41) is 0.968. The van der Waals surface area contributed by atoms with E-state index in [9.17, 15) is 12.8 Å². The highest BCUT2D eigenvalue weighted by molar-refractivity contribution is 7.90. The van der Waals surface area contributed by atoms with Gasteiger partial charge in [0.25, 0.3) is 0 Å². The van der Waals surface area contributed by atoms with Crippen LogP contribution in [0, 0.1) is 13.8 Å². The third-order valence-corrected chi connectivity index (χ3v) is 5.99. The van der Waals surface area contributed by atoms with Crippen molar-refractivity contribution in [1.82, 2.24) is 9.55 Å². The maximum atomic E-state index is 14.2. The molecular weight excluding hydrogens is 448 g/mol. The van der Waals surface area contributed by atoms with Gasteiger partial charge in [-0.3, -0.25) is 4.98 Å². The molecule has 2 heterocycles. The van der Waals surface area contributed by atoms with Crippen molar-refractivity contribution < 1.29 is 12.8 Å². The van der Waals surface area contributed by atoms with Crippen molar-refractivity contribution in [2.24, 2.45) is 5.73 Å². The van der Waals surface area contributed by atoms with Crippen molar-refractivity contribution in [2.75, 3.05) is 12.8 Å². The van der Waals surface area contributed by atoms with Crippen molar-refractivity contribution in [3.8, 4) is 0 Å². The monoisotopic (exact) mass is 473 g/mol. The Balaban J connectivity index is 0.00000225. The number of hydrogen-bond acceptors (Lipinski definition) is 4. The fraction of sp³-hybridized carbons (Fsp3) is 0.286. The molecule has 0 amide bonds. The Bertz CT molecular complexity index is 1160. The first-order valence-electron chi connectivity index (χ1n) is 8.98. The van der Waals surface area contributed by atoms with Crippen molar-refractivity contribution in [1.29, 1.82) is 0 Å². The molecule has 0 saturated heterocycles. The molecule has 0 bridgehead atoms. The van der Waals surface area contributed by atoms with Gasteiger partial charge in [0.15, 0.2) is 9.84 Å². The van der Waals surface area contributed by atoms with E-state index >= 15 is 0 Å². The lowest BCUT2D eigenvalue weighted by molar-refractivity contribution is 0.554. The highest BCUT2D eigenvalue weighted by atomic mass is 35.5. The second kappa shape index (κ2) is 10.4. The minimum Gasteiger partial charge on any atom is -0.338 e. The Kier molecular flexibility index (Phi) is 9.05. The summed E-state index contributed by atoms with van der Waals surface area (Å²) in [6.45, 7) is 4.15. The topological polar surface area (TPSA) is 78.0 Å². The quantitative estimate of drug-likeness (QED) is 0.578. The van der Waals surface area contributed by atoms with E-state index in [0.29, 0.717) is 11.3 Å². The zero-order chi connectivity index (χ0) is 20.5. The fourth-order valence-corrected chi connectivity index (χ4v) is 4.00. The lowest BCUT2D eigenvalue weighted by atomic mass is 10.0. The van der Waals surface area contributed by atoms with Crippen LogP contribution < -0.4 is 5.73 Å². The predicted molar refractivity (Wildman–Crippen MR) is 124 cm³/mol. The first kappa shape index (κ1) is 26.1. The van der Waals surface area contributed by atoms with Crippen LogP contribution in [0.15, 0.2) is 53.3 Å². The molecule has 164 valence electrons. The molecule has 5 nitrogen and oxygen atoms in total. The standard InChI is InChI=1S/C21H24FN3O2S.2ClH/c1-14-10-21-20(12-24-14)19(15(2)25(21)13-17(22)8-9-23)11-16-4-6-18(7-5-16)28(3,26)27;;/h4-8,10,12H,9,11,13,23H2,1-3H3;2*1H/b17-8-;;. The van der Waals surface area contributed by atoms with E-state index in [4.69, 9.17) is 5.73 Å². The number of nitrogens with zero attached hydrogens (tertiary/aromatic N) is 2. The average Bonchev–Trinajstić information content (AvgIpc) is 2.87. The van der Waals surface area contributed by atoms with Gasteiger partial charge >= 0.3 is 0 Å². The summed E-state index contributed by atoms with van der Waals surface area (Å²) in [7, 11) is -3.23. The Labute approximate surface area is 188 Å². The van der Waals surface area contributed by atoms with Crippen LogP contribution in [0.5, 0.6) is 0 Å². The molecular formula is C21H26Cl2FN3O2S. The van der Waals surface area contributed by atoms with E-state index in [2.05, 4.69) is 4.98 Å². The number of pyridine rings is 1. The highest BCUT2D eigenvalue weighted by Crippen LogP contribution is 2.29. The third kappa shape index (κ3) is 5.60. The van der Waals surface area contributed by atoms with Gasteiger partial charge in [0, 0.05) is 35.8 Å². The molecule has 0 saturated carbocycles. The van der Waals surface area contributed by atoms with Crippen LogP contribution in [0.3, 0.4) is 0 Å². The third-order valence-electron chi connectivity index (χ3n) is 4.86. The zero-order valence-corrected chi connectivity index (χ0v) is 19.5. The number of sulfone groups is 1. The number of rotatable bonds is 6. The molecule has 0 aliphatic rings. The summed E-state index contributed by atoms with van der Waals surface area (Å²) < 4.78 is 39.4. The molecule has 2 N–H and O–H groups in total. The van der Waals surface area contributed by atoms with Crippen LogP contribution in [-0.2, 0) is 22.8 Å². The SMILES string of the molecule is Cc1cc2c(cn1)c(Cc1ccc(S(C)(=O)=O)cc1)c(C)n2C/C(F)=C/CN.Cl.Cl. The molecule has 0 unspecified atom stereocenters. The lowest BCUT2D eigenvalue weighted by Gasteiger charge is -2.08. The van der Waals surface area contributed by atoms with Gasteiger partial charge in [-0.15, -0.1) is 24.8 Å². The Morgan fingerprint density at radius 1 is 1.20 bits per heavy atom. The van der Waals surface area contributed by atoms with E-state index in [1.807, 2.05) is 42.8 Å². The van der Waals surface area contributed by atoms with Crippen molar-refractivity contribution in [3.05, 3.63) is 70.9 Å². The number of aryl methyl sites for hydroxylation is 1. The molecule has 30 heavy (non-hydrogen) atoms. The number of aromatic nitrogens is 2. The maximum absolute atomic E-state index is 14.2. The van der Waals surface area contributed by atoms with Crippen molar-refractivity contribution >= 4 is 45.6 Å². The van der Waals surface area contributed by atoms with Gasteiger partial charge in [0.05, 0.1) is 17.0 Å². The van der Waals surface area contributed by atoms with Crippen LogP contribution in [-0.4, -0.2) is 30.8 Å². The number of nitrogens with two attached hydrogens (primary N) is 1. The minimum atomic E-state index is -3.23. The van der Waals surface area contributed by atoms with Gasteiger partial charge in [0.1, 0.15) is 5.83 Å². The summed E-state index contributed by atoms with van der Waals surface area (Å²) in [6.07, 6.45) is 4.99. The summed E-state index contributed by atoms with van der Waals surface area (Å²) >= 11 is 0. The number of allylic oxidation sites excluding steroid dienone is 1. The smallest absolute Gasteiger partial charge is 0.175 e. The molecule has 0 spiro atoms. The molecule has 3 aromatic rings. The maximum Gasteiger partial charge on any atom is 0.175 e. The number of benzene rings is 1. The first-order chi connectivity index (χ1) is 13.2. The molecule has 3 rings (SSSR count). The first-order valence-corrected chi connectivity index (χ1v) is 10.9. The van der Waals surface area contributed by atoms with E-state index in [1.54, 1.807) is 12.1 Å². The summed E-state index contributed by atoms with van der Waals surface area (Å²) in [6, 6.07) is 8.82. The zero-order valence-electron chi connectivity index (χ0n) is 17.1. The normalized spacial score (nSPS) is 11.8.